The van der Waals surface area contributed by atoms with Crippen LogP contribution in [0, 0.1) is 0 Å². The van der Waals surface area contributed by atoms with Gasteiger partial charge in [0.1, 0.15) is 0 Å². The largest absolute Gasteiger partial charge is 0.135 e. The maximum Gasteiger partial charge on any atom is 0.0448 e. The van der Waals surface area contributed by atoms with Crippen molar-refractivity contribution in [3.05, 3.63) is 170 Å². The van der Waals surface area contributed by atoms with E-state index in [4.69, 9.17) is 0 Å². The molecule has 2 heteroatoms. The Labute approximate surface area is 297 Å². The normalized spacial score (nSPS) is 12.0. The Morgan fingerprint density at radius 3 is 1.60 bits per heavy atom. The van der Waals surface area contributed by atoms with Gasteiger partial charge in [0.05, 0.1) is 0 Å². The minimum atomic E-state index is 1.23. The van der Waals surface area contributed by atoms with Gasteiger partial charge in [-0.2, -0.15) is 0 Å². The summed E-state index contributed by atoms with van der Waals surface area (Å²) in [5.74, 6) is 0. The van der Waals surface area contributed by atoms with Gasteiger partial charge in [-0.05, 0) is 102 Å². The molecule has 9 aromatic carbocycles. The van der Waals surface area contributed by atoms with E-state index in [0.717, 1.165) is 0 Å². The first-order chi connectivity index (χ1) is 24.8. The van der Waals surface area contributed by atoms with Crippen LogP contribution in [0.5, 0.6) is 0 Å². The first-order valence-electron chi connectivity index (χ1n) is 17.1. The van der Waals surface area contributed by atoms with E-state index < -0.39 is 0 Å². The molecule has 232 valence electrons. The molecule has 0 saturated carbocycles. The van der Waals surface area contributed by atoms with E-state index in [1.807, 2.05) is 22.7 Å². The van der Waals surface area contributed by atoms with Crippen molar-refractivity contribution in [2.75, 3.05) is 0 Å². The Morgan fingerprint density at radius 2 is 0.840 bits per heavy atom. The average Bonchev–Trinajstić information content (AvgIpc) is 3.75. The zero-order valence-electron chi connectivity index (χ0n) is 27.0. The molecule has 0 spiro atoms. The molecule has 50 heavy (non-hydrogen) atoms. The number of hydrogen-bond donors (Lipinski definition) is 0. The van der Waals surface area contributed by atoms with Crippen LogP contribution in [-0.4, -0.2) is 0 Å². The minimum absolute atomic E-state index is 1.23. The van der Waals surface area contributed by atoms with Gasteiger partial charge >= 0.3 is 0 Å². The third-order valence-electron chi connectivity index (χ3n) is 10.4. The molecule has 0 aliphatic rings. The quantitative estimate of drug-likeness (QED) is 0.164. The molecule has 11 rings (SSSR count). The number of fused-ring (bicyclic) bond motifs is 10. The predicted molar refractivity (Wildman–Crippen MR) is 221 cm³/mol. The van der Waals surface area contributed by atoms with E-state index in [2.05, 4.69) is 170 Å². The highest BCUT2D eigenvalue weighted by molar-refractivity contribution is 7.29. The van der Waals surface area contributed by atoms with E-state index in [0.29, 0.717) is 0 Å². The van der Waals surface area contributed by atoms with Gasteiger partial charge in [0.2, 0.25) is 0 Å². The second-order valence-corrected chi connectivity index (χ2v) is 15.3. The van der Waals surface area contributed by atoms with Crippen molar-refractivity contribution < 1.29 is 0 Å². The van der Waals surface area contributed by atoms with Crippen LogP contribution < -0.4 is 0 Å². The predicted octanol–water partition coefficient (Wildman–Crippen LogP) is 14.9. The third-order valence-corrected chi connectivity index (χ3v) is 12.8. The Hall–Kier alpha value is -5.80. The number of hydrogen-bond acceptors (Lipinski definition) is 2. The van der Waals surface area contributed by atoms with Crippen molar-refractivity contribution >= 4 is 95.3 Å². The first-order valence-corrected chi connectivity index (χ1v) is 18.7. The highest BCUT2D eigenvalue weighted by atomic mass is 32.1. The molecule has 11 aromatic rings. The lowest BCUT2D eigenvalue weighted by Gasteiger charge is -2.18. The lowest BCUT2D eigenvalue weighted by molar-refractivity contribution is 1.63. The zero-order valence-corrected chi connectivity index (χ0v) is 28.6. The Morgan fingerprint density at radius 1 is 0.280 bits per heavy atom. The minimum Gasteiger partial charge on any atom is -0.135 e. The van der Waals surface area contributed by atoms with Crippen molar-refractivity contribution in [2.45, 2.75) is 0 Å². The lowest BCUT2D eigenvalue weighted by atomic mass is 9.85. The Kier molecular flexibility index (Phi) is 6.09. The van der Waals surface area contributed by atoms with Gasteiger partial charge in [-0.1, -0.05) is 133 Å². The van der Waals surface area contributed by atoms with Crippen molar-refractivity contribution in [2.24, 2.45) is 0 Å². The maximum absolute atomic E-state index is 2.45. The van der Waals surface area contributed by atoms with Gasteiger partial charge in [0.15, 0.2) is 0 Å². The van der Waals surface area contributed by atoms with Gasteiger partial charge in [-0.25, -0.2) is 0 Å². The molecule has 2 aromatic heterocycles. The Bertz CT molecular complexity index is 3100. The fourth-order valence-electron chi connectivity index (χ4n) is 8.17. The van der Waals surface area contributed by atoms with E-state index >= 15 is 0 Å². The first kappa shape index (κ1) is 28.1. The van der Waals surface area contributed by atoms with Gasteiger partial charge < -0.3 is 0 Å². The van der Waals surface area contributed by atoms with Crippen molar-refractivity contribution in [3.63, 3.8) is 0 Å². The summed E-state index contributed by atoms with van der Waals surface area (Å²) in [6.07, 6.45) is 0. The van der Waals surface area contributed by atoms with E-state index in [1.165, 1.54) is 106 Å². The molecule has 0 aliphatic carbocycles. The molecular formula is C48H28S2. The average molecular weight is 669 g/mol. The van der Waals surface area contributed by atoms with Crippen molar-refractivity contribution in [1.82, 2.24) is 0 Å². The van der Waals surface area contributed by atoms with Gasteiger partial charge in [0, 0.05) is 40.3 Å². The number of rotatable bonds is 3. The smallest absolute Gasteiger partial charge is 0.0448 e. The van der Waals surface area contributed by atoms with Crippen molar-refractivity contribution in [1.29, 1.82) is 0 Å². The standard InChI is InChI=1S/C48H28S2/c1-2-11-30-26-32(21-20-29(30)10-1)31-12-9-13-33(27-31)45-35-14-3-5-16-37(35)46(38-17-6-4-15-36(38)45)34-22-24-43-41(28-34)39-23-25-44-47(48(39)50-43)40-18-7-8-19-42(40)49-44/h1-28H. The molecule has 0 bridgehead atoms. The third kappa shape index (κ3) is 4.16. The molecule has 0 aliphatic heterocycles. The molecule has 0 amide bonds. The zero-order chi connectivity index (χ0) is 32.8. The van der Waals surface area contributed by atoms with Crippen LogP contribution in [0.2, 0.25) is 0 Å². The van der Waals surface area contributed by atoms with Crippen LogP contribution in [0.1, 0.15) is 0 Å². The fraction of sp³-hybridized carbons (Fsp3) is 0. The fourth-order valence-corrected chi connectivity index (χ4v) is 10.6. The molecule has 0 unspecified atom stereocenters. The molecular weight excluding hydrogens is 641 g/mol. The van der Waals surface area contributed by atoms with Crippen LogP contribution in [0.4, 0.5) is 0 Å². The molecule has 0 radical (unpaired) electrons. The van der Waals surface area contributed by atoms with Crippen molar-refractivity contribution in [3.8, 4) is 33.4 Å². The SMILES string of the molecule is c1cc(-c2ccc3ccccc3c2)cc(-c2c3ccccc3c(-c3ccc4sc5c(ccc6sc7ccccc7c65)c4c3)c3ccccc23)c1. The Balaban J connectivity index is 1.14. The second-order valence-electron chi connectivity index (χ2n) is 13.2. The summed E-state index contributed by atoms with van der Waals surface area (Å²) in [6, 6.07) is 63.1. The summed E-state index contributed by atoms with van der Waals surface area (Å²) < 4.78 is 5.45. The summed E-state index contributed by atoms with van der Waals surface area (Å²) in [6.45, 7) is 0. The second kappa shape index (κ2) is 10.9. The molecule has 0 fully saturated rings. The van der Waals surface area contributed by atoms with Gasteiger partial charge in [-0.3, -0.25) is 0 Å². The number of benzene rings is 9. The summed E-state index contributed by atoms with van der Waals surface area (Å²) in [5.41, 5.74) is 7.55. The van der Waals surface area contributed by atoms with Crippen LogP contribution >= 0.6 is 22.7 Å². The monoisotopic (exact) mass is 668 g/mol. The molecule has 0 nitrogen and oxygen atoms in total. The molecule has 0 saturated heterocycles. The molecule has 2 heterocycles. The topological polar surface area (TPSA) is 0 Å². The van der Waals surface area contributed by atoms with E-state index in [-0.39, 0.29) is 0 Å². The number of thiophene rings is 2. The summed E-state index contributed by atoms with van der Waals surface area (Å²) in [7, 11) is 0. The highest BCUT2D eigenvalue weighted by Crippen LogP contribution is 2.48. The maximum atomic E-state index is 2.45. The van der Waals surface area contributed by atoms with Crippen LogP contribution in [0.25, 0.3) is 106 Å². The summed E-state index contributed by atoms with van der Waals surface area (Å²) in [4.78, 5) is 0. The van der Waals surface area contributed by atoms with Gasteiger partial charge in [0.25, 0.3) is 0 Å². The summed E-state index contributed by atoms with van der Waals surface area (Å²) >= 11 is 3.82. The van der Waals surface area contributed by atoms with Crippen LogP contribution in [0.3, 0.4) is 0 Å². The van der Waals surface area contributed by atoms with E-state index in [1.54, 1.807) is 0 Å². The molecule has 0 N–H and O–H groups in total. The van der Waals surface area contributed by atoms with E-state index in [9.17, 15) is 0 Å². The van der Waals surface area contributed by atoms with Crippen LogP contribution in [0.15, 0.2) is 170 Å². The lowest BCUT2D eigenvalue weighted by Crippen LogP contribution is -1.91. The summed E-state index contributed by atoms with van der Waals surface area (Å²) in [5, 5.41) is 13.1. The van der Waals surface area contributed by atoms with Gasteiger partial charge in [-0.15, -0.1) is 22.7 Å². The molecule has 0 atom stereocenters. The highest BCUT2D eigenvalue weighted by Gasteiger charge is 2.19. The van der Waals surface area contributed by atoms with Crippen LogP contribution in [-0.2, 0) is 0 Å².